The van der Waals surface area contributed by atoms with Crippen LogP contribution < -0.4 is 5.32 Å². The SMILES string of the molecule is C/C(=C\[C@H](C(C)C)N(C)C(=O)CNC=O)C(=O)O.C1CCC(N2CCCCC2)CC1.CC(C)C. The first-order valence-electron chi connectivity index (χ1n) is 13.1. The van der Waals surface area contributed by atoms with Crippen molar-refractivity contribution in [2.24, 2.45) is 11.8 Å². The zero-order valence-corrected chi connectivity index (χ0v) is 22.8. The van der Waals surface area contributed by atoms with Crippen LogP contribution in [0.15, 0.2) is 11.6 Å². The molecule has 2 aliphatic rings. The van der Waals surface area contributed by atoms with Crippen LogP contribution in [0.1, 0.15) is 92.9 Å². The molecule has 1 aliphatic heterocycles. The molecule has 2 fully saturated rings. The van der Waals surface area contributed by atoms with E-state index in [2.05, 4.69) is 31.0 Å². The number of aliphatic carboxylic acids is 1. The number of nitrogens with zero attached hydrogens (tertiary/aromatic N) is 2. The maximum Gasteiger partial charge on any atom is 0.331 e. The van der Waals surface area contributed by atoms with Crippen LogP contribution in [0, 0.1) is 11.8 Å². The van der Waals surface area contributed by atoms with Gasteiger partial charge in [-0.1, -0.05) is 66.4 Å². The molecule has 0 aromatic heterocycles. The summed E-state index contributed by atoms with van der Waals surface area (Å²) in [5, 5.41) is 11.1. The third-order valence-electron chi connectivity index (χ3n) is 6.10. The number of rotatable bonds is 8. The molecule has 1 aliphatic carbocycles. The number of carbonyl (C=O) groups is 3. The van der Waals surface area contributed by atoms with E-state index in [-0.39, 0.29) is 30.0 Å². The fourth-order valence-corrected chi connectivity index (χ4v) is 4.23. The Bertz CT molecular complexity index is 588. The average molecular weight is 482 g/mol. The number of hydrogen-bond donors (Lipinski definition) is 2. The van der Waals surface area contributed by atoms with Crippen LogP contribution in [0.2, 0.25) is 0 Å². The summed E-state index contributed by atoms with van der Waals surface area (Å²) in [5.41, 5.74) is 0.191. The van der Waals surface area contributed by atoms with E-state index in [0.29, 0.717) is 6.41 Å². The summed E-state index contributed by atoms with van der Waals surface area (Å²) in [7, 11) is 1.59. The van der Waals surface area contributed by atoms with Crippen LogP contribution in [0.4, 0.5) is 0 Å². The molecule has 0 aromatic rings. The number of piperidine rings is 1. The highest BCUT2D eigenvalue weighted by atomic mass is 16.4. The Hall–Kier alpha value is -1.89. The summed E-state index contributed by atoms with van der Waals surface area (Å²) in [5.74, 6) is -0.368. The highest BCUT2D eigenvalue weighted by Crippen LogP contribution is 2.24. The number of amides is 2. The fourth-order valence-electron chi connectivity index (χ4n) is 4.23. The predicted molar refractivity (Wildman–Crippen MR) is 140 cm³/mol. The number of hydrogen-bond acceptors (Lipinski definition) is 4. The Kier molecular flexibility index (Phi) is 17.4. The predicted octanol–water partition coefficient (Wildman–Crippen LogP) is 4.71. The standard InChI is InChI=1S/C12H20N2O4.C11H21N.C4H10/c1-8(2)10(5-9(3)12(17)18)14(4)11(16)6-13-7-15;1-3-7-11(8-4-1)12-9-5-2-6-10-12;1-4(2)3/h5,7-8,10H,6H2,1-4H3,(H,13,15)(H,17,18);11H,1-10H2;4H,1-3H3/b9-5+;;/t10-;;/m1../s1. The molecule has 0 bridgehead atoms. The van der Waals surface area contributed by atoms with Crippen molar-refractivity contribution in [2.75, 3.05) is 26.7 Å². The van der Waals surface area contributed by atoms with Crippen molar-refractivity contribution in [3.8, 4) is 0 Å². The Morgan fingerprint density at radius 2 is 1.50 bits per heavy atom. The van der Waals surface area contributed by atoms with Gasteiger partial charge in [0.25, 0.3) is 0 Å². The summed E-state index contributed by atoms with van der Waals surface area (Å²) < 4.78 is 0. The first-order chi connectivity index (χ1) is 16.0. The molecule has 1 heterocycles. The lowest BCUT2D eigenvalue weighted by molar-refractivity contribution is -0.133. The highest BCUT2D eigenvalue weighted by molar-refractivity contribution is 5.86. The Morgan fingerprint density at radius 3 is 1.94 bits per heavy atom. The maximum atomic E-state index is 11.7. The molecule has 1 atom stereocenters. The van der Waals surface area contributed by atoms with Gasteiger partial charge in [0.15, 0.2) is 0 Å². The van der Waals surface area contributed by atoms with Crippen molar-refractivity contribution in [3.63, 3.8) is 0 Å². The van der Waals surface area contributed by atoms with Crippen LogP contribution in [-0.4, -0.2) is 72.0 Å². The molecule has 2 amide bonds. The van der Waals surface area contributed by atoms with E-state index >= 15 is 0 Å². The van der Waals surface area contributed by atoms with Gasteiger partial charge in [-0.25, -0.2) is 4.79 Å². The minimum Gasteiger partial charge on any atom is -0.478 e. The largest absolute Gasteiger partial charge is 0.478 e. The topological polar surface area (TPSA) is 90.0 Å². The molecule has 0 spiro atoms. The average Bonchev–Trinajstić information content (AvgIpc) is 2.81. The van der Waals surface area contributed by atoms with Crippen molar-refractivity contribution in [1.29, 1.82) is 0 Å². The van der Waals surface area contributed by atoms with Crippen LogP contribution >= 0.6 is 0 Å². The summed E-state index contributed by atoms with van der Waals surface area (Å²) >= 11 is 0. The first-order valence-corrected chi connectivity index (χ1v) is 13.1. The van der Waals surface area contributed by atoms with Gasteiger partial charge in [0.05, 0.1) is 12.6 Å². The van der Waals surface area contributed by atoms with Crippen molar-refractivity contribution >= 4 is 18.3 Å². The summed E-state index contributed by atoms with van der Waals surface area (Å²) in [6.45, 7) is 14.5. The molecule has 7 nitrogen and oxygen atoms in total. The van der Waals surface area contributed by atoms with Gasteiger partial charge in [-0.2, -0.15) is 0 Å². The first kappa shape index (κ1) is 32.1. The van der Waals surface area contributed by atoms with Gasteiger partial charge in [0, 0.05) is 18.7 Å². The molecule has 1 saturated carbocycles. The Labute approximate surface area is 208 Å². The van der Waals surface area contributed by atoms with Gasteiger partial charge in [-0.15, -0.1) is 0 Å². The fraction of sp³-hybridized carbons (Fsp3) is 0.815. The summed E-state index contributed by atoms with van der Waals surface area (Å²) in [4.78, 5) is 36.8. The monoisotopic (exact) mass is 481 g/mol. The molecule has 2 N–H and O–H groups in total. The summed E-state index contributed by atoms with van der Waals surface area (Å²) in [6.07, 6.45) is 13.8. The molecule has 0 unspecified atom stereocenters. The molecule has 2 rings (SSSR count). The number of likely N-dealkylation sites (tertiary alicyclic amines) is 1. The normalized spacial score (nSPS) is 18.2. The number of carboxylic acid groups (broad SMARTS) is 1. The second-order valence-corrected chi connectivity index (χ2v) is 10.5. The highest BCUT2D eigenvalue weighted by Gasteiger charge is 2.22. The van der Waals surface area contributed by atoms with Crippen LogP contribution in [0.5, 0.6) is 0 Å². The minimum atomic E-state index is -1.01. The van der Waals surface area contributed by atoms with Crippen LogP contribution in [0.3, 0.4) is 0 Å². The zero-order valence-electron chi connectivity index (χ0n) is 22.8. The van der Waals surface area contributed by atoms with Gasteiger partial charge >= 0.3 is 5.97 Å². The molecule has 34 heavy (non-hydrogen) atoms. The van der Waals surface area contributed by atoms with E-state index in [4.69, 9.17) is 5.11 Å². The van der Waals surface area contributed by atoms with Gasteiger partial charge in [-0.3, -0.25) is 9.59 Å². The summed E-state index contributed by atoms with van der Waals surface area (Å²) in [6, 6.07) is 0.654. The van der Waals surface area contributed by atoms with E-state index in [1.807, 2.05) is 13.8 Å². The molecule has 0 aromatic carbocycles. The van der Waals surface area contributed by atoms with Crippen molar-refractivity contribution in [2.45, 2.75) is 105 Å². The number of likely N-dealkylation sites (N-methyl/N-ethyl adjacent to an activating group) is 1. The van der Waals surface area contributed by atoms with Crippen LogP contribution in [-0.2, 0) is 14.4 Å². The second kappa shape index (κ2) is 18.4. The van der Waals surface area contributed by atoms with Gasteiger partial charge < -0.3 is 20.2 Å². The lowest BCUT2D eigenvalue weighted by Crippen LogP contribution is -2.43. The number of nitrogens with one attached hydrogen (secondary N) is 1. The quantitative estimate of drug-likeness (QED) is 0.387. The van der Waals surface area contributed by atoms with E-state index in [1.54, 1.807) is 13.1 Å². The molecular weight excluding hydrogens is 430 g/mol. The third kappa shape index (κ3) is 14.4. The zero-order chi connectivity index (χ0) is 26.1. The Morgan fingerprint density at radius 1 is 1.00 bits per heavy atom. The molecule has 0 radical (unpaired) electrons. The van der Waals surface area contributed by atoms with Crippen molar-refractivity contribution < 1.29 is 19.5 Å². The van der Waals surface area contributed by atoms with E-state index in [0.717, 1.165) is 12.0 Å². The third-order valence-corrected chi connectivity index (χ3v) is 6.10. The van der Waals surface area contributed by atoms with Crippen molar-refractivity contribution in [3.05, 3.63) is 11.6 Å². The van der Waals surface area contributed by atoms with Gasteiger partial charge in [0.1, 0.15) is 0 Å². The molecule has 1 saturated heterocycles. The molecule has 7 heteroatoms. The maximum absolute atomic E-state index is 11.7. The second-order valence-electron chi connectivity index (χ2n) is 10.5. The van der Waals surface area contributed by atoms with Gasteiger partial charge in [-0.05, 0) is 57.5 Å². The smallest absolute Gasteiger partial charge is 0.331 e. The lowest BCUT2D eigenvalue weighted by atomic mass is 9.93. The van der Waals surface area contributed by atoms with Gasteiger partial charge in [0.2, 0.25) is 12.3 Å². The molecule has 198 valence electrons. The van der Waals surface area contributed by atoms with E-state index in [1.165, 1.54) is 76.3 Å². The Balaban J connectivity index is 0.000000579. The minimum absolute atomic E-state index is 0.0736. The number of carbonyl (C=O) groups excluding carboxylic acids is 2. The lowest BCUT2D eigenvalue weighted by Gasteiger charge is -2.36. The van der Waals surface area contributed by atoms with E-state index < -0.39 is 5.97 Å². The van der Waals surface area contributed by atoms with Crippen molar-refractivity contribution in [1.82, 2.24) is 15.1 Å². The number of carboxylic acids is 1. The van der Waals surface area contributed by atoms with Crippen LogP contribution in [0.25, 0.3) is 0 Å². The molecular formula is C27H51N3O4. The van der Waals surface area contributed by atoms with E-state index in [9.17, 15) is 14.4 Å².